The molecule has 0 saturated carbocycles. The van der Waals surface area contributed by atoms with Gasteiger partial charge in [0.15, 0.2) is 5.78 Å². The molecule has 0 bridgehead atoms. The number of hydrogen-bond donors (Lipinski definition) is 0. The van der Waals surface area contributed by atoms with Crippen molar-refractivity contribution in [3.8, 4) is 11.1 Å². The third-order valence-electron chi connectivity index (χ3n) is 3.87. The van der Waals surface area contributed by atoms with Crippen molar-refractivity contribution >= 4 is 5.78 Å². The van der Waals surface area contributed by atoms with Gasteiger partial charge in [-0.15, -0.1) is 0 Å². The van der Waals surface area contributed by atoms with Crippen molar-refractivity contribution in [3.63, 3.8) is 0 Å². The standard InChI is InChI=1S/C17H16O/c1-11-3-4-13(9-12(11)2)14-5-7-16-15(10-14)6-8-17(16)18/h3-5,7,9-10H,6,8H2,1-2H3. The molecule has 1 nitrogen and oxygen atoms in total. The average molecular weight is 236 g/mol. The zero-order valence-electron chi connectivity index (χ0n) is 10.8. The number of hydrogen-bond acceptors (Lipinski definition) is 1. The van der Waals surface area contributed by atoms with Crippen molar-refractivity contribution in [2.24, 2.45) is 0 Å². The molecule has 1 aliphatic rings. The summed E-state index contributed by atoms with van der Waals surface area (Å²) in [5.41, 5.74) is 7.20. The summed E-state index contributed by atoms with van der Waals surface area (Å²) in [5, 5.41) is 0. The fourth-order valence-electron chi connectivity index (χ4n) is 2.56. The first-order chi connectivity index (χ1) is 8.65. The highest BCUT2D eigenvalue weighted by atomic mass is 16.1. The topological polar surface area (TPSA) is 17.1 Å². The first-order valence-electron chi connectivity index (χ1n) is 6.39. The summed E-state index contributed by atoms with van der Waals surface area (Å²) in [5.74, 6) is 0.289. The van der Waals surface area contributed by atoms with E-state index in [2.05, 4.69) is 44.2 Å². The Balaban J connectivity index is 2.07. The van der Waals surface area contributed by atoms with Gasteiger partial charge >= 0.3 is 0 Å². The van der Waals surface area contributed by atoms with Crippen molar-refractivity contribution in [1.82, 2.24) is 0 Å². The molecule has 0 N–H and O–H groups in total. The number of rotatable bonds is 1. The van der Waals surface area contributed by atoms with Crippen molar-refractivity contribution < 1.29 is 4.79 Å². The van der Waals surface area contributed by atoms with Crippen LogP contribution in [-0.2, 0) is 6.42 Å². The lowest BCUT2D eigenvalue weighted by molar-refractivity contribution is 0.0994. The van der Waals surface area contributed by atoms with Crippen LogP contribution in [0.4, 0.5) is 0 Å². The lowest BCUT2D eigenvalue weighted by Crippen LogP contribution is -1.91. The van der Waals surface area contributed by atoms with Gasteiger partial charge in [-0.3, -0.25) is 4.79 Å². The Hall–Kier alpha value is -1.89. The molecule has 0 aromatic heterocycles. The van der Waals surface area contributed by atoms with Crippen LogP contribution in [0.2, 0.25) is 0 Å². The summed E-state index contributed by atoms with van der Waals surface area (Å²) in [6.07, 6.45) is 1.57. The third kappa shape index (κ3) is 1.76. The van der Waals surface area contributed by atoms with Crippen molar-refractivity contribution in [2.45, 2.75) is 26.7 Å². The Labute approximate surface area is 107 Å². The number of carbonyl (C=O) groups excluding carboxylic acids is 1. The van der Waals surface area contributed by atoms with E-state index in [4.69, 9.17) is 0 Å². The van der Waals surface area contributed by atoms with Gasteiger partial charge in [-0.1, -0.05) is 36.4 Å². The van der Waals surface area contributed by atoms with Crippen LogP contribution in [0, 0.1) is 13.8 Å². The zero-order chi connectivity index (χ0) is 12.7. The Morgan fingerprint density at radius 1 is 0.833 bits per heavy atom. The van der Waals surface area contributed by atoms with E-state index in [-0.39, 0.29) is 5.78 Å². The highest BCUT2D eigenvalue weighted by Gasteiger charge is 2.19. The van der Waals surface area contributed by atoms with E-state index in [1.807, 2.05) is 6.07 Å². The van der Waals surface area contributed by atoms with Crippen LogP contribution < -0.4 is 0 Å². The first kappa shape index (κ1) is 11.2. The van der Waals surface area contributed by atoms with Gasteiger partial charge in [-0.2, -0.15) is 0 Å². The minimum Gasteiger partial charge on any atom is -0.294 e. The van der Waals surface area contributed by atoms with Gasteiger partial charge < -0.3 is 0 Å². The van der Waals surface area contributed by atoms with Crippen LogP contribution >= 0.6 is 0 Å². The molecular weight excluding hydrogens is 220 g/mol. The molecule has 0 amide bonds. The van der Waals surface area contributed by atoms with Gasteiger partial charge in [0.1, 0.15) is 0 Å². The van der Waals surface area contributed by atoms with E-state index < -0.39 is 0 Å². The molecule has 0 radical (unpaired) electrons. The zero-order valence-corrected chi connectivity index (χ0v) is 10.8. The summed E-state index contributed by atoms with van der Waals surface area (Å²) >= 11 is 0. The fraction of sp³-hybridized carbons (Fsp3) is 0.235. The van der Waals surface area contributed by atoms with Crippen LogP contribution in [0.5, 0.6) is 0 Å². The van der Waals surface area contributed by atoms with E-state index in [0.717, 1.165) is 12.0 Å². The molecule has 0 heterocycles. The molecule has 0 aliphatic heterocycles. The van der Waals surface area contributed by atoms with E-state index in [1.54, 1.807) is 0 Å². The highest BCUT2D eigenvalue weighted by molar-refractivity contribution is 6.00. The maximum atomic E-state index is 11.6. The number of aryl methyl sites for hydroxylation is 3. The van der Waals surface area contributed by atoms with E-state index in [0.29, 0.717) is 6.42 Å². The number of Topliss-reactive ketones (excluding diaryl/α,β-unsaturated/α-hetero) is 1. The van der Waals surface area contributed by atoms with Gasteiger partial charge in [0.05, 0.1) is 0 Å². The van der Waals surface area contributed by atoms with Gasteiger partial charge in [0.2, 0.25) is 0 Å². The molecular formula is C17H16O. The van der Waals surface area contributed by atoms with Gasteiger partial charge in [0.25, 0.3) is 0 Å². The maximum absolute atomic E-state index is 11.6. The minimum atomic E-state index is 0.289. The Morgan fingerprint density at radius 2 is 1.56 bits per heavy atom. The molecule has 1 aliphatic carbocycles. The van der Waals surface area contributed by atoms with Gasteiger partial charge in [0, 0.05) is 12.0 Å². The summed E-state index contributed by atoms with van der Waals surface area (Å²) < 4.78 is 0. The minimum absolute atomic E-state index is 0.289. The molecule has 1 heteroatoms. The average Bonchev–Trinajstić information content (AvgIpc) is 2.74. The smallest absolute Gasteiger partial charge is 0.163 e. The first-order valence-corrected chi connectivity index (χ1v) is 6.39. The van der Waals surface area contributed by atoms with E-state index in [1.165, 1.54) is 27.8 Å². The molecule has 0 unspecified atom stereocenters. The van der Waals surface area contributed by atoms with Crippen molar-refractivity contribution in [2.75, 3.05) is 0 Å². The predicted molar refractivity (Wildman–Crippen MR) is 74.0 cm³/mol. The predicted octanol–water partition coefficient (Wildman–Crippen LogP) is 4.10. The lowest BCUT2D eigenvalue weighted by atomic mass is 9.97. The Kier molecular flexibility index (Phi) is 2.55. The summed E-state index contributed by atoms with van der Waals surface area (Å²) in [6.45, 7) is 4.26. The van der Waals surface area contributed by atoms with E-state index >= 15 is 0 Å². The maximum Gasteiger partial charge on any atom is 0.163 e. The Morgan fingerprint density at radius 3 is 2.33 bits per heavy atom. The molecule has 0 fully saturated rings. The molecule has 2 aromatic carbocycles. The SMILES string of the molecule is Cc1ccc(-c2ccc3c(c2)CCC3=O)cc1C. The van der Waals surface area contributed by atoms with Gasteiger partial charge in [-0.25, -0.2) is 0 Å². The van der Waals surface area contributed by atoms with Crippen LogP contribution in [0.3, 0.4) is 0 Å². The Bertz CT molecular complexity index is 638. The van der Waals surface area contributed by atoms with Crippen molar-refractivity contribution in [3.05, 3.63) is 58.7 Å². The number of benzene rings is 2. The van der Waals surface area contributed by atoms with Crippen LogP contribution in [0.15, 0.2) is 36.4 Å². The second-order valence-corrected chi connectivity index (χ2v) is 5.09. The van der Waals surface area contributed by atoms with Crippen LogP contribution in [0.1, 0.15) is 33.5 Å². The monoisotopic (exact) mass is 236 g/mol. The molecule has 3 rings (SSSR count). The summed E-state index contributed by atoms with van der Waals surface area (Å²) in [4.78, 5) is 11.6. The molecule has 90 valence electrons. The molecule has 0 atom stereocenters. The number of carbonyl (C=O) groups is 1. The summed E-state index contributed by atoms with van der Waals surface area (Å²) in [6, 6.07) is 12.7. The fourth-order valence-corrected chi connectivity index (χ4v) is 2.56. The highest BCUT2D eigenvalue weighted by Crippen LogP contribution is 2.28. The largest absolute Gasteiger partial charge is 0.294 e. The normalized spacial score (nSPS) is 13.8. The summed E-state index contributed by atoms with van der Waals surface area (Å²) in [7, 11) is 0. The molecule has 0 spiro atoms. The van der Waals surface area contributed by atoms with Crippen LogP contribution in [0.25, 0.3) is 11.1 Å². The number of ketones is 1. The second kappa shape index (κ2) is 4.09. The van der Waals surface area contributed by atoms with E-state index in [9.17, 15) is 4.79 Å². The van der Waals surface area contributed by atoms with Crippen LogP contribution in [-0.4, -0.2) is 5.78 Å². The molecule has 18 heavy (non-hydrogen) atoms. The molecule has 2 aromatic rings. The number of fused-ring (bicyclic) bond motifs is 1. The van der Waals surface area contributed by atoms with Crippen molar-refractivity contribution in [1.29, 1.82) is 0 Å². The van der Waals surface area contributed by atoms with Gasteiger partial charge in [-0.05, 0) is 48.1 Å². The lowest BCUT2D eigenvalue weighted by Gasteiger charge is -2.07. The quantitative estimate of drug-likeness (QED) is 0.728. The molecule has 0 saturated heterocycles. The third-order valence-corrected chi connectivity index (χ3v) is 3.87. The second-order valence-electron chi connectivity index (χ2n) is 5.09.